The van der Waals surface area contributed by atoms with Gasteiger partial charge in [-0.2, -0.15) is 12.6 Å². The van der Waals surface area contributed by atoms with Crippen LogP contribution in [-0.2, 0) is 9.59 Å². The maximum atomic E-state index is 11.9. The van der Waals surface area contributed by atoms with Crippen LogP contribution in [0.4, 0.5) is 0 Å². The Hall–Kier alpha value is -0.710. The highest BCUT2D eigenvalue weighted by Gasteiger charge is 2.32. The summed E-state index contributed by atoms with van der Waals surface area (Å²) in [6.07, 6.45) is 4.33. The second kappa shape index (κ2) is 5.57. The van der Waals surface area contributed by atoms with E-state index in [1.165, 1.54) is 6.92 Å². The monoisotopic (exact) mass is 244 g/mol. The Morgan fingerprint density at radius 3 is 2.38 bits per heavy atom. The molecule has 0 spiro atoms. The minimum atomic E-state index is -0.529. The number of rotatable bonds is 4. The van der Waals surface area contributed by atoms with Crippen LogP contribution in [0.3, 0.4) is 0 Å². The van der Waals surface area contributed by atoms with E-state index < -0.39 is 6.04 Å². The zero-order chi connectivity index (χ0) is 12.2. The van der Waals surface area contributed by atoms with Gasteiger partial charge in [-0.25, -0.2) is 0 Å². The second-order valence-electron chi connectivity index (χ2n) is 4.69. The lowest BCUT2D eigenvalue weighted by Gasteiger charge is -2.27. The van der Waals surface area contributed by atoms with Crippen molar-refractivity contribution >= 4 is 24.4 Å². The molecule has 2 N–H and O–H groups in total. The fourth-order valence-corrected chi connectivity index (χ4v) is 2.36. The van der Waals surface area contributed by atoms with Crippen molar-refractivity contribution in [2.45, 2.75) is 51.1 Å². The SMILES string of the molecule is CC(=O)NC(CS)C(=O)NC1(C)CCCC1. The Labute approximate surface area is 102 Å². The summed E-state index contributed by atoms with van der Waals surface area (Å²) in [6.45, 7) is 3.46. The van der Waals surface area contributed by atoms with E-state index in [0.717, 1.165) is 25.7 Å². The lowest BCUT2D eigenvalue weighted by Crippen LogP contribution is -2.53. The maximum absolute atomic E-state index is 11.9. The van der Waals surface area contributed by atoms with Crippen LogP contribution in [0.15, 0.2) is 0 Å². The molecular formula is C11H20N2O2S. The molecule has 1 unspecified atom stereocenters. The van der Waals surface area contributed by atoms with Gasteiger partial charge in [0.15, 0.2) is 0 Å². The fourth-order valence-electron chi connectivity index (χ4n) is 2.10. The van der Waals surface area contributed by atoms with Gasteiger partial charge >= 0.3 is 0 Å². The van der Waals surface area contributed by atoms with Crippen LogP contribution < -0.4 is 10.6 Å². The summed E-state index contributed by atoms with van der Waals surface area (Å²) < 4.78 is 0. The van der Waals surface area contributed by atoms with Gasteiger partial charge in [0.05, 0.1) is 0 Å². The number of nitrogens with one attached hydrogen (secondary N) is 2. The zero-order valence-electron chi connectivity index (χ0n) is 9.88. The lowest BCUT2D eigenvalue weighted by atomic mass is 10.0. The molecule has 1 saturated carbocycles. The van der Waals surface area contributed by atoms with Gasteiger partial charge in [0.25, 0.3) is 0 Å². The minimum absolute atomic E-state index is 0.100. The van der Waals surface area contributed by atoms with Crippen LogP contribution in [0.5, 0.6) is 0 Å². The van der Waals surface area contributed by atoms with E-state index in [2.05, 4.69) is 30.2 Å². The largest absolute Gasteiger partial charge is 0.349 e. The highest BCUT2D eigenvalue weighted by molar-refractivity contribution is 7.80. The van der Waals surface area contributed by atoms with Crippen molar-refractivity contribution in [1.29, 1.82) is 0 Å². The number of thiol groups is 1. The summed E-state index contributed by atoms with van der Waals surface area (Å²) >= 11 is 4.08. The molecule has 0 heterocycles. The van der Waals surface area contributed by atoms with Crippen LogP contribution in [0.1, 0.15) is 39.5 Å². The molecule has 16 heavy (non-hydrogen) atoms. The molecule has 0 aliphatic heterocycles. The fraction of sp³-hybridized carbons (Fsp3) is 0.818. The van der Waals surface area contributed by atoms with E-state index in [1.807, 2.05) is 0 Å². The van der Waals surface area contributed by atoms with E-state index in [9.17, 15) is 9.59 Å². The molecule has 2 amide bonds. The van der Waals surface area contributed by atoms with E-state index in [0.29, 0.717) is 5.75 Å². The first-order valence-corrected chi connectivity index (χ1v) is 6.30. The number of hydrogen-bond acceptors (Lipinski definition) is 3. The number of amides is 2. The van der Waals surface area contributed by atoms with E-state index >= 15 is 0 Å². The summed E-state index contributed by atoms with van der Waals surface area (Å²) in [5.74, 6) is -0.0121. The van der Waals surface area contributed by atoms with Gasteiger partial charge in [0.2, 0.25) is 11.8 Å². The van der Waals surface area contributed by atoms with E-state index in [1.54, 1.807) is 0 Å². The predicted octanol–water partition coefficient (Wildman–Crippen LogP) is 0.870. The third-order valence-corrected chi connectivity index (χ3v) is 3.37. The molecule has 1 aliphatic carbocycles. The van der Waals surface area contributed by atoms with Gasteiger partial charge in [-0.1, -0.05) is 12.8 Å². The van der Waals surface area contributed by atoms with Crippen LogP contribution in [0.25, 0.3) is 0 Å². The Kier molecular flexibility index (Phi) is 4.65. The molecule has 1 rings (SSSR count). The third kappa shape index (κ3) is 3.70. The van der Waals surface area contributed by atoms with Gasteiger partial charge in [-0.05, 0) is 19.8 Å². The Bertz CT molecular complexity index is 275. The molecule has 0 aromatic rings. The lowest BCUT2D eigenvalue weighted by molar-refractivity contribution is -0.128. The minimum Gasteiger partial charge on any atom is -0.349 e. The van der Waals surface area contributed by atoms with Gasteiger partial charge in [-0.3, -0.25) is 9.59 Å². The number of carbonyl (C=O) groups is 2. The molecule has 1 aliphatic rings. The first kappa shape index (κ1) is 13.4. The van der Waals surface area contributed by atoms with Crippen LogP contribution in [0.2, 0.25) is 0 Å². The summed E-state index contributed by atoms with van der Waals surface area (Å²) in [4.78, 5) is 22.8. The van der Waals surface area contributed by atoms with Gasteiger partial charge in [-0.15, -0.1) is 0 Å². The normalized spacial score (nSPS) is 20.2. The summed E-state index contributed by atoms with van der Waals surface area (Å²) in [6, 6.07) is -0.529. The highest BCUT2D eigenvalue weighted by atomic mass is 32.1. The molecule has 0 bridgehead atoms. The second-order valence-corrected chi connectivity index (χ2v) is 5.06. The van der Waals surface area contributed by atoms with Crippen LogP contribution >= 0.6 is 12.6 Å². The molecule has 0 aromatic carbocycles. The van der Waals surface area contributed by atoms with Gasteiger partial charge in [0, 0.05) is 18.2 Å². The Balaban J connectivity index is 2.51. The molecule has 4 nitrogen and oxygen atoms in total. The summed E-state index contributed by atoms with van der Waals surface area (Å²) in [7, 11) is 0. The first-order chi connectivity index (χ1) is 7.47. The molecular weight excluding hydrogens is 224 g/mol. The molecule has 1 atom stereocenters. The highest BCUT2D eigenvalue weighted by Crippen LogP contribution is 2.28. The molecule has 0 saturated heterocycles. The topological polar surface area (TPSA) is 58.2 Å². The summed E-state index contributed by atoms with van der Waals surface area (Å²) in [5.41, 5.74) is -0.100. The third-order valence-electron chi connectivity index (χ3n) is 3.01. The van der Waals surface area contributed by atoms with E-state index in [4.69, 9.17) is 0 Å². The van der Waals surface area contributed by atoms with Crippen molar-refractivity contribution in [2.75, 3.05) is 5.75 Å². The molecule has 1 fully saturated rings. The van der Waals surface area contributed by atoms with Crippen molar-refractivity contribution in [2.24, 2.45) is 0 Å². The van der Waals surface area contributed by atoms with Crippen molar-refractivity contribution in [3.8, 4) is 0 Å². The van der Waals surface area contributed by atoms with Crippen molar-refractivity contribution in [3.63, 3.8) is 0 Å². The average molecular weight is 244 g/mol. The van der Waals surface area contributed by atoms with Crippen molar-refractivity contribution < 1.29 is 9.59 Å². The standard InChI is InChI=1S/C11H20N2O2S/c1-8(14)12-9(7-16)10(15)13-11(2)5-3-4-6-11/h9,16H,3-7H2,1-2H3,(H,12,14)(H,13,15). The number of carbonyl (C=O) groups excluding carboxylic acids is 2. The Morgan fingerprint density at radius 1 is 1.38 bits per heavy atom. The van der Waals surface area contributed by atoms with Crippen LogP contribution in [0, 0.1) is 0 Å². The zero-order valence-corrected chi connectivity index (χ0v) is 10.8. The van der Waals surface area contributed by atoms with Crippen molar-refractivity contribution in [3.05, 3.63) is 0 Å². The average Bonchev–Trinajstić information content (AvgIpc) is 2.60. The predicted molar refractivity (Wildman–Crippen MR) is 66.5 cm³/mol. The van der Waals surface area contributed by atoms with Gasteiger partial charge < -0.3 is 10.6 Å². The van der Waals surface area contributed by atoms with E-state index in [-0.39, 0.29) is 17.4 Å². The van der Waals surface area contributed by atoms with Gasteiger partial charge in [0.1, 0.15) is 6.04 Å². The quantitative estimate of drug-likeness (QED) is 0.643. The van der Waals surface area contributed by atoms with Crippen molar-refractivity contribution in [1.82, 2.24) is 10.6 Å². The Morgan fingerprint density at radius 2 is 1.94 bits per heavy atom. The smallest absolute Gasteiger partial charge is 0.243 e. The summed E-state index contributed by atoms with van der Waals surface area (Å²) in [5, 5.41) is 5.60. The van der Waals surface area contributed by atoms with Crippen LogP contribution in [-0.4, -0.2) is 29.1 Å². The molecule has 0 aromatic heterocycles. The number of hydrogen-bond donors (Lipinski definition) is 3. The molecule has 5 heteroatoms. The molecule has 92 valence electrons. The first-order valence-electron chi connectivity index (χ1n) is 5.67. The maximum Gasteiger partial charge on any atom is 0.243 e. The molecule has 0 radical (unpaired) electrons.